The van der Waals surface area contributed by atoms with Gasteiger partial charge in [-0.1, -0.05) is 0 Å². The third kappa shape index (κ3) is 1.75. The first-order valence-electron chi connectivity index (χ1n) is 4.02. The fourth-order valence-corrected chi connectivity index (χ4v) is 2.55. The number of halogens is 1. The van der Waals surface area contributed by atoms with Gasteiger partial charge in [0.1, 0.15) is 22.2 Å². The van der Waals surface area contributed by atoms with Crippen molar-refractivity contribution in [3.8, 4) is 0 Å². The molecule has 5 heteroatoms. The predicted molar refractivity (Wildman–Crippen MR) is 57.3 cm³/mol. The van der Waals surface area contributed by atoms with Crippen LogP contribution in [0.25, 0.3) is 0 Å². The van der Waals surface area contributed by atoms with Gasteiger partial charge in [0.2, 0.25) is 0 Å². The molecular weight excluding hydrogens is 266 g/mol. The zero-order valence-corrected chi connectivity index (χ0v) is 9.80. The lowest BCUT2D eigenvalue weighted by Crippen LogP contribution is -1.95. The molecule has 1 unspecified atom stereocenters. The minimum absolute atomic E-state index is 0.549. The second-order valence-electron chi connectivity index (χ2n) is 2.86. The topological polar surface area (TPSA) is 46.3 Å². The highest BCUT2D eigenvalue weighted by atomic mass is 79.9. The minimum atomic E-state index is -0.731. The lowest BCUT2D eigenvalue weighted by molar-refractivity contribution is 0.190. The SMILES string of the molecule is Cc1ccc(C(O)c2scnc2Br)o1. The van der Waals surface area contributed by atoms with Gasteiger partial charge in [0.15, 0.2) is 0 Å². The van der Waals surface area contributed by atoms with Gasteiger partial charge in [0, 0.05) is 0 Å². The van der Waals surface area contributed by atoms with Crippen LogP contribution >= 0.6 is 27.3 Å². The smallest absolute Gasteiger partial charge is 0.148 e. The molecule has 0 saturated carbocycles. The Bertz CT molecular complexity index is 437. The molecule has 2 aromatic rings. The van der Waals surface area contributed by atoms with Crippen molar-refractivity contribution < 1.29 is 9.52 Å². The summed E-state index contributed by atoms with van der Waals surface area (Å²) in [6, 6.07) is 3.60. The van der Waals surface area contributed by atoms with Crippen molar-refractivity contribution in [3.05, 3.63) is 38.6 Å². The van der Waals surface area contributed by atoms with Crippen LogP contribution in [0.3, 0.4) is 0 Å². The largest absolute Gasteiger partial charge is 0.463 e. The maximum Gasteiger partial charge on any atom is 0.148 e. The predicted octanol–water partition coefficient (Wildman–Crippen LogP) is 2.89. The number of furan rings is 1. The third-order valence-electron chi connectivity index (χ3n) is 1.83. The van der Waals surface area contributed by atoms with Gasteiger partial charge < -0.3 is 9.52 Å². The molecule has 0 radical (unpaired) electrons. The number of aryl methyl sites for hydroxylation is 1. The molecule has 0 bridgehead atoms. The van der Waals surface area contributed by atoms with Crippen molar-refractivity contribution in [2.24, 2.45) is 0 Å². The van der Waals surface area contributed by atoms with Crippen molar-refractivity contribution in [2.45, 2.75) is 13.0 Å². The van der Waals surface area contributed by atoms with Crippen LogP contribution in [0.4, 0.5) is 0 Å². The fraction of sp³-hybridized carbons (Fsp3) is 0.222. The summed E-state index contributed by atoms with van der Waals surface area (Å²) in [7, 11) is 0. The zero-order chi connectivity index (χ0) is 10.1. The number of hydrogen-bond acceptors (Lipinski definition) is 4. The van der Waals surface area contributed by atoms with E-state index in [2.05, 4.69) is 20.9 Å². The number of aromatic nitrogens is 1. The van der Waals surface area contributed by atoms with Crippen molar-refractivity contribution in [1.29, 1.82) is 0 Å². The summed E-state index contributed by atoms with van der Waals surface area (Å²) in [6.45, 7) is 1.85. The summed E-state index contributed by atoms with van der Waals surface area (Å²) in [5.74, 6) is 1.34. The van der Waals surface area contributed by atoms with E-state index in [1.165, 1.54) is 11.3 Å². The molecule has 0 fully saturated rings. The summed E-state index contributed by atoms with van der Waals surface area (Å²) < 4.78 is 6.00. The number of aliphatic hydroxyl groups is 1. The Morgan fingerprint density at radius 3 is 2.86 bits per heavy atom. The highest BCUT2D eigenvalue weighted by molar-refractivity contribution is 9.10. The van der Waals surface area contributed by atoms with Gasteiger partial charge in [-0.15, -0.1) is 11.3 Å². The number of nitrogens with zero attached hydrogens (tertiary/aromatic N) is 1. The maximum absolute atomic E-state index is 9.92. The van der Waals surface area contributed by atoms with E-state index in [9.17, 15) is 5.11 Å². The summed E-state index contributed by atoms with van der Waals surface area (Å²) in [5, 5.41) is 9.92. The van der Waals surface area contributed by atoms with Crippen LogP contribution < -0.4 is 0 Å². The molecule has 2 rings (SSSR count). The Kier molecular flexibility index (Phi) is 2.71. The van der Waals surface area contributed by atoms with Crippen LogP contribution in [0.5, 0.6) is 0 Å². The van der Waals surface area contributed by atoms with Crippen LogP contribution in [0.1, 0.15) is 22.5 Å². The number of rotatable bonds is 2. The van der Waals surface area contributed by atoms with Gasteiger partial charge in [-0.3, -0.25) is 0 Å². The van der Waals surface area contributed by atoms with Gasteiger partial charge in [-0.05, 0) is 35.0 Å². The zero-order valence-electron chi connectivity index (χ0n) is 7.40. The Labute approximate surface area is 93.5 Å². The van der Waals surface area contributed by atoms with Gasteiger partial charge in [0.05, 0.1) is 10.4 Å². The highest BCUT2D eigenvalue weighted by Crippen LogP contribution is 2.31. The third-order valence-corrected chi connectivity index (χ3v) is 3.60. The van der Waals surface area contributed by atoms with E-state index in [0.29, 0.717) is 10.4 Å². The normalized spacial score (nSPS) is 13.1. The van der Waals surface area contributed by atoms with E-state index in [-0.39, 0.29) is 0 Å². The fourth-order valence-electron chi connectivity index (χ4n) is 1.15. The minimum Gasteiger partial charge on any atom is -0.463 e. The van der Waals surface area contributed by atoms with E-state index >= 15 is 0 Å². The van der Waals surface area contributed by atoms with Gasteiger partial charge in [-0.2, -0.15) is 0 Å². The first kappa shape index (κ1) is 9.89. The first-order chi connectivity index (χ1) is 6.68. The van der Waals surface area contributed by atoms with Crippen molar-refractivity contribution >= 4 is 27.3 Å². The molecule has 0 amide bonds. The summed E-state index contributed by atoms with van der Waals surface area (Å²) in [4.78, 5) is 4.77. The molecule has 1 atom stereocenters. The Balaban J connectivity index is 2.33. The van der Waals surface area contributed by atoms with E-state index < -0.39 is 6.10 Å². The monoisotopic (exact) mass is 273 g/mol. The Morgan fingerprint density at radius 1 is 1.57 bits per heavy atom. The van der Waals surface area contributed by atoms with Crippen molar-refractivity contribution in [3.63, 3.8) is 0 Å². The Hall–Kier alpha value is -0.650. The molecule has 14 heavy (non-hydrogen) atoms. The molecule has 0 aliphatic carbocycles. The average molecular weight is 274 g/mol. The average Bonchev–Trinajstić information content (AvgIpc) is 2.73. The van der Waals surface area contributed by atoms with Crippen LogP contribution in [-0.4, -0.2) is 10.1 Å². The van der Waals surface area contributed by atoms with Crippen LogP contribution in [0.2, 0.25) is 0 Å². The van der Waals surface area contributed by atoms with E-state index in [4.69, 9.17) is 4.42 Å². The molecule has 3 nitrogen and oxygen atoms in total. The maximum atomic E-state index is 9.92. The van der Waals surface area contributed by atoms with Gasteiger partial charge in [-0.25, -0.2) is 4.98 Å². The number of hydrogen-bond donors (Lipinski definition) is 1. The van der Waals surface area contributed by atoms with E-state index in [0.717, 1.165) is 10.6 Å². The highest BCUT2D eigenvalue weighted by Gasteiger charge is 2.18. The molecule has 0 spiro atoms. The molecule has 1 N–H and O–H groups in total. The summed E-state index contributed by atoms with van der Waals surface area (Å²) in [5.41, 5.74) is 1.68. The lowest BCUT2D eigenvalue weighted by atomic mass is 10.2. The van der Waals surface area contributed by atoms with Crippen molar-refractivity contribution in [1.82, 2.24) is 4.98 Å². The Morgan fingerprint density at radius 2 is 2.36 bits per heavy atom. The van der Waals surface area contributed by atoms with Crippen molar-refractivity contribution in [2.75, 3.05) is 0 Å². The standard InChI is InChI=1S/C9H8BrNO2S/c1-5-2-3-6(13-5)7(12)8-9(10)11-4-14-8/h2-4,7,12H,1H3. The van der Waals surface area contributed by atoms with E-state index in [1.807, 2.05) is 13.0 Å². The van der Waals surface area contributed by atoms with Gasteiger partial charge >= 0.3 is 0 Å². The summed E-state index contributed by atoms with van der Waals surface area (Å²) in [6.07, 6.45) is -0.731. The quantitative estimate of drug-likeness (QED) is 0.915. The first-order valence-corrected chi connectivity index (χ1v) is 5.69. The molecule has 2 heterocycles. The molecule has 0 aliphatic heterocycles. The second-order valence-corrected chi connectivity index (χ2v) is 4.50. The molecule has 0 saturated heterocycles. The van der Waals surface area contributed by atoms with Crippen LogP contribution in [-0.2, 0) is 0 Å². The lowest BCUT2D eigenvalue weighted by Gasteiger charge is -2.04. The molecule has 74 valence electrons. The van der Waals surface area contributed by atoms with Crippen LogP contribution in [0, 0.1) is 6.92 Å². The number of thiazole rings is 1. The van der Waals surface area contributed by atoms with Gasteiger partial charge in [0.25, 0.3) is 0 Å². The molecule has 0 aromatic carbocycles. The molecule has 0 aliphatic rings. The van der Waals surface area contributed by atoms with E-state index in [1.54, 1.807) is 11.6 Å². The summed E-state index contributed by atoms with van der Waals surface area (Å²) >= 11 is 4.66. The number of aliphatic hydroxyl groups excluding tert-OH is 1. The second kappa shape index (κ2) is 3.84. The van der Waals surface area contributed by atoms with Crippen LogP contribution in [0.15, 0.2) is 26.7 Å². The molecule has 2 aromatic heterocycles. The molecular formula is C9H8BrNO2S.